The van der Waals surface area contributed by atoms with E-state index in [2.05, 4.69) is 15.6 Å². The Hall–Kier alpha value is -4.06. The first-order chi connectivity index (χ1) is 15.0. The smallest absolute Gasteiger partial charge is 0.265 e. The van der Waals surface area contributed by atoms with Crippen LogP contribution in [-0.4, -0.2) is 21.9 Å². The van der Waals surface area contributed by atoms with Gasteiger partial charge in [0.1, 0.15) is 5.82 Å². The van der Waals surface area contributed by atoms with E-state index in [0.717, 1.165) is 28.1 Å². The number of hydrogen-bond acceptors (Lipinski definition) is 3. The van der Waals surface area contributed by atoms with Gasteiger partial charge in [-0.05, 0) is 49.2 Å². The molecule has 0 spiro atoms. The molecule has 31 heavy (non-hydrogen) atoms. The number of hydrogen-bond donors (Lipinski definition) is 1. The highest BCUT2D eigenvalue weighted by molar-refractivity contribution is 5.94. The van der Waals surface area contributed by atoms with Gasteiger partial charge in [0.15, 0.2) is 5.69 Å². The zero-order chi connectivity index (χ0) is 21.8. The molecule has 1 aromatic heterocycles. The van der Waals surface area contributed by atoms with Crippen LogP contribution in [0.1, 0.15) is 27.2 Å². The number of nitrogens with one attached hydrogen (secondary N) is 1. The molecule has 0 radical (unpaired) electrons. The summed E-state index contributed by atoms with van der Waals surface area (Å²) in [4.78, 5) is 12.7. The number of hydrazone groups is 1. The van der Waals surface area contributed by atoms with Gasteiger partial charge in [0, 0.05) is 5.56 Å². The lowest BCUT2D eigenvalue weighted by Gasteiger charge is -2.10. The molecule has 0 bridgehead atoms. The lowest BCUT2D eigenvalue weighted by molar-refractivity contribution is 0.0949. The van der Waals surface area contributed by atoms with Gasteiger partial charge in [-0.3, -0.25) is 4.79 Å². The normalized spacial score (nSPS) is 11.1. The highest BCUT2D eigenvalue weighted by Crippen LogP contribution is 2.26. The maximum atomic E-state index is 13.0. The van der Waals surface area contributed by atoms with Crippen molar-refractivity contribution in [2.75, 3.05) is 0 Å². The second kappa shape index (κ2) is 8.75. The summed E-state index contributed by atoms with van der Waals surface area (Å²) in [5, 5.41) is 8.52. The van der Waals surface area contributed by atoms with Gasteiger partial charge in [0.2, 0.25) is 0 Å². The van der Waals surface area contributed by atoms with Crippen LogP contribution in [0.25, 0.3) is 16.9 Å². The Kier molecular flexibility index (Phi) is 5.71. The molecule has 0 aliphatic rings. The first-order valence-corrected chi connectivity index (χ1v) is 9.83. The molecular formula is C25H21FN4O. The average molecular weight is 412 g/mol. The van der Waals surface area contributed by atoms with Gasteiger partial charge in [-0.25, -0.2) is 14.5 Å². The maximum absolute atomic E-state index is 13.0. The van der Waals surface area contributed by atoms with E-state index in [-0.39, 0.29) is 11.5 Å². The molecule has 4 rings (SSSR count). The molecule has 0 fully saturated rings. The fourth-order valence-corrected chi connectivity index (χ4v) is 3.18. The van der Waals surface area contributed by atoms with Gasteiger partial charge in [-0.1, -0.05) is 60.2 Å². The Morgan fingerprint density at radius 1 is 1.00 bits per heavy atom. The van der Waals surface area contributed by atoms with Crippen LogP contribution in [0, 0.1) is 19.7 Å². The molecule has 0 atom stereocenters. The fraction of sp³-hybridized carbons (Fsp3) is 0.0800. The van der Waals surface area contributed by atoms with Crippen LogP contribution < -0.4 is 5.43 Å². The molecule has 3 aromatic carbocycles. The molecular weight excluding hydrogens is 391 g/mol. The third-order valence-electron chi connectivity index (χ3n) is 4.88. The van der Waals surface area contributed by atoms with Crippen molar-refractivity contribution in [2.24, 2.45) is 5.10 Å². The summed E-state index contributed by atoms with van der Waals surface area (Å²) in [5.74, 6) is -0.759. The summed E-state index contributed by atoms with van der Waals surface area (Å²) >= 11 is 0. The Labute approximate surface area is 179 Å². The minimum atomic E-state index is -0.431. The van der Waals surface area contributed by atoms with E-state index in [0.29, 0.717) is 5.56 Å². The van der Waals surface area contributed by atoms with Crippen LogP contribution in [0.5, 0.6) is 0 Å². The van der Waals surface area contributed by atoms with Gasteiger partial charge in [0.05, 0.1) is 17.6 Å². The zero-order valence-corrected chi connectivity index (χ0v) is 17.2. The molecule has 1 heterocycles. The summed E-state index contributed by atoms with van der Waals surface area (Å²) in [6.45, 7) is 4.03. The van der Waals surface area contributed by atoms with Crippen LogP contribution in [0.2, 0.25) is 0 Å². The van der Waals surface area contributed by atoms with Crippen molar-refractivity contribution < 1.29 is 9.18 Å². The van der Waals surface area contributed by atoms with Gasteiger partial charge in [-0.15, -0.1) is 0 Å². The van der Waals surface area contributed by atoms with Crippen molar-refractivity contribution in [2.45, 2.75) is 13.8 Å². The molecule has 1 N–H and O–H groups in total. The molecule has 0 saturated heterocycles. The molecule has 0 aliphatic carbocycles. The van der Waals surface area contributed by atoms with Crippen molar-refractivity contribution in [3.63, 3.8) is 0 Å². The molecule has 5 nitrogen and oxygen atoms in total. The van der Waals surface area contributed by atoms with Gasteiger partial charge in [0.25, 0.3) is 5.91 Å². The van der Waals surface area contributed by atoms with Crippen LogP contribution >= 0.6 is 0 Å². The van der Waals surface area contributed by atoms with Gasteiger partial charge < -0.3 is 0 Å². The molecule has 0 saturated carbocycles. The predicted octanol–water partition coefficient (Wildman–Crippen LogP) is 5.06. The standard InChI is InChI=1S/C25H21FN4O/c1-17-7-11-20(12-8-17)24-15-22(29-30(24)23-6-4-3-5-18(23)2)25(31)28-27-16-19-9-13-21(26)14-10-19/h3-16H,1-2H3,(H,28,31)/b27-16-. The number of carbonyl (C=O) groups is 1. The maximum Gasteiger partial charge on any atom is 0.291 e. The number of aryl methyl sites for hydroxylation is 2. The Balaban J connectivity index is 1.65. The predicted molar refractivity (Wildman–Crippen MR) is 120 cm³/mol. The minimum Gasteiger partial charge on any atom is -0.265 e. The second-order valence-electron chi connectivity index (χ2n) is 7.23. The molecule has 0 unspecified atom stereocenters. The fourth-order valence-electron chi connectivity index (χ4n) is 3.18. The van der Waals surface area contributed by atoms with Crippen LogP contribution in [0.15, 0.2) is 84.0 Å². The number of nitrogens with zero attached hydrogens (tertiary/aromatic N) is 3. The number of carbonyl (C=O) groups excluding carboxylic acids is 1. The van der Waals surface area contributed by atoms with E-state index in [9.17, 15) is 9.18 Å². The number of amides is 1. The summed E-state index contributed by atoms with van der Waals surface area (Å²) < 4.78 is 14.8. The third kappa shape index (κ3) is 4.59. The summed E-state index contributed by atoms with van der Waals surface area (Å²) in [6.07, 6.45) is 1.45. The van der Waals surface area contributed by atoms with E-state index in [1.165, 1.54) is 18.3 Å². The number of rotatable bonds is 5. The average Bonchev–Trinajstić information content (AvgIpc) is 3.21. The van der Waals surface area contributed by atoms with E-state index in [4.69, 9.17) is 0 Å². The van der Waals surface area contributed by atoms with E-state index >= 15 is 0 Å². The van der Waals surface area contributed by atoms with Crippen molar-refractivity contribution in [3.05, 3.63) is 107 Å². The van der Waals surface area contributed by atoms with Crippen molar-refractivity contribution in [1.82, 2.24) is 15.2 Å². The van der Waals surface area contributed by atoms with Crippen LogP contribution in [-0.2, 0) is 0 Å². The van der Waals surface area contributed by atoms with Gasteiger partial charge >= 0.3 is 0 Å². The first kappa shape index (κ1) is 20.2. The molecule has 1 amide bonds. The SMILES string of the molecule is Cc1ccc(-c2cc(C(=O)N/N=C\c3ccc(F)cc3)nn2-c2ccccc2C)cc1. The van der Waals surface area contributed by atoms with Crippen LogP contribution in [0.4, 0.5) is 4.39 Å². The Bertz CT molecular complexity index is 1240. The Morgan fingerprint density at radius 3 is 2.42 bits per heavy atom. The molecule has 4 aromatic rings. The number of halogens is 1. The lowest BCUT2D eigenvalue weighted by Crippen LogP contribution is -2.18. The topological polar surface area (TPSA) is 59.3 Å². The lowest BCUT2D eigenvalue weighted by atomic mass is 10.1. The zero-order valence-electron chi connectivity index (χ0n) is 17.2. The monoisotopic (exact) mass is 412 g/mol. The van der Waals surface area contributed by atoms with Gasteiger partial charge in [-0.2, -0.15) is 10.2 Å². The van der Waals surface area contributed by atoms with Crippen molar-refractivity contribution in [3.8, 4) is 16.9 Å². The Morgan fingerprint density at radius 2 is 1.71 bits per heavy atom. The largest absolute Gasteiger partial charge is 0.291 e. The van der Waals surface area contributed by atoms with E-state index in [1.54, 1.807) is 22.9 Å². The minimum absolute atomic E-state index is 0.245. The summed E-state index contributed by atoms with van der Waals surface area (Å²) in [6, 6.07) is 23.5. The number of benzene rings is 3. The number of aromatic nitrogens is 2. The third-order valence-corrected chi connectivity index (χ3v) is 4.88. The summed E-state index contributed by atoms with van der Waals surface area (Å²) in [5.41, 5.74) is 8.26. The quantitative estimate of drug-likeness (QED) is 0.368. The van der Waals surface area contributed by atoms with E-state index < -0.39 is 5.91 Å². The molecule has 154 valence electrons. The first-order valence-electron chi connectivity index (χ1n) is 9.83. The highest BCUT2D eigenvalue weighted by atomic mass is 19.1. The summed E-state index contributed by atoms with van der Waals surface area (Å²) in [7, 11) is 0. The molecule has 6 heteroatoms. The van der Waals surface area contributed by atoms with Crippen molar-refractivity contribution >= 4 is 12.1 Å². The highest BCUT2D eigenvalue weighted by Gasteiger charge is 2.17. The second-order valence-corrected chi connectivity index (χ2v) is 7.23. The number of para-hydroxylation sites is 1. The van der Waals surface area contributed by atoms with Crippen LogP contribution in [0.3, 0.4) is 0 Å². The van der Waals surface area contributed by atoms with E-state index in [1.807, 2.05) is 62.4 Å². The molecule has 0 aliphatic heterocycles. The van der Waals surface area contributed by atoms with Crippen molar-refractivity contribution in [1.29, 1.82) is 0 Å².